The number of hydrogen-bond acceptors (Lipinski definition) is 4. The fraction of sp³-hybridized carbons (Fsp3) is 0.227. The number of benzene rings is 2. The van der Waals surface area contributed by atoms with Crippen LogP contribution in [0.2, 0.25) is 0 Å². The highest BCUT2D eigenvalue weighted by atomic mass is 127. The maximum absolute atomic E-state index is 12.1. The maximum Gasteiger partial charge on any atom is 0.246 e. The summed E-state index contributed by atoms with van der Waals surface area (Å²) < 4.78 is 7.26. The highest BCUT2D eigenvalue weighted by Gasteiger charge is 2.21. The molecule has 2 heterocycles. The molecule has 1 atom stereocenters. The molecule has 1 aromatic heterocycles. The number of nitrogens with one attached hydrogen (secondary N) is 2. The van der Waals surface area contributed by atoms with E-state index >= 15 is 0 Å². The number of nitrogens with two attached hydrogens (primary N) is 1. The van der Waals surface area contributed by atoms with Gasteiger partial charge in [-0.3, -0.25) is 9.48 Å². The average Bonchev–Trinajstić information content (AvgIpc) is 3.26. The Morgan fingerprint density at radius 2 is 2.10 bits per heavy atom. The Morgan fingerprint density at radius 1 is 1.23 bits per heavy atom. The molecule has 0 aliphatic carbocycles. The van der Waals surface area contributed by atoms with Crippen LogP contribution in [0.5, 0.6) is 5.75 Å². The Kier molecular flexibility index (Phi) is 7.88. The quantitative estimate of drug-likeness (QED) is 0.257. The van der Waals surface area contributed by atoms with Crippen molar-refractivity contribution in [3.05, 3.63) is 78.1 Å². The second-order valence-electron chi connectivity index (χ2n) is 7.03. The normalized spacial score (nSPS) is 15.2. The highest BCUT2D eigenvalue weighted by molar-refractivity contribution is 14.0. The molecule has 1 aliphatic rings. The summed E-state index contributed by atoms with van der Waals surface area (Å²) in [4.78, 5) is 16.6. The molecule has 0 spiro atoms. The zero-order chi connectivity index (χ0) is 20.8. The molecule has 0 saturated carbocycles. The fourth-order valence-corrected chi connectivity index (χ4v) is 3.38. The molecule has 4 N–H and O–H groups in total. The molecule has 1 amide bonds. The molecule has 1 aliphatic heterocycles. The van der Waals surface area contributed by atoms with Gasteiger partial charge in [-0.25, -0.2) is 4.99 Å². The van der Waals surface area contributed by atoms with Gasteiger partial charge in [-0.2, -0.15) is 5.10 Å². The van der Waals surface area contributed by atoms with Gasteiger partial charge in [0, 0.05) is 30.1 Å². The largest absolute Gasteiger partial charge is 0.493 e. The third kappa shape index (κ3) is 6.20. The topological polar surface area (TPSA) is 107 Å². The van der Waals surface area contributed by atoms with Crippen molar-refractivity contribution in [1.29, 1.82) is 0 Å². The van der Waals surface area contributed by atoms with E-state index in [1.165, 1.54) is 0 Å². The van der Waals surface area contributed by atoms with E-state index < -0.39 is 0 Å². The summed E-state index contributed by atoms with van der Waals surface area (Å²) in [5, 5.41) is 10.2. The third-order valence-corrected chi connectivity index (χ3v) is 4.79. The standard InChI is InChI=1S/C22H24N6O2.HI/c23-22(27-19-9-12-30-20-8-2-1-7-18(19)20)24-14-16-5-3-6-17(13-16)26-21(29)15-28-11-4-10-25-28;/h1-8,10-11,13,19H,9,12,14-15H2,(H,26,29)(H3,23,24,27);1H. The zero-order valence-electron chi connectivity index (χ0n) is 16.9. The van der Waals surface area contributed by atoms with Gasteiger partial charge in [0.1, 0.15) is 12.3 Å². The molecule has 3 aromatic rings. The van der Waals surface area contributed by atoms with Crippen LogP contribution in [0, 0.1) is 0 Å². The first-order valence-electron chi connectivity index (χ1n) is 9.82. The van der Waals surface area contributed by atoms with Gasteiger partial charge in [-0.15, -0.1) is 24.0 Å². The van der Waals surface area contributed by atoms with Crippen LogP contribution in [-0.2, 0) is 17.9 Å². The predicted octanol–water partition coefficient (Wildman–Crippen LogP) is 3.07. The third-order valence-electron chi connectivity index (χ3n) is 4.79. The number of halogens is 1. The molecule has 2 aromatic carbocycles. The summed E-state index contributed by atoms with van der Waals surface area (Å²) in [5.41, 5.74) is 8.87. The Bertz CT molecular complexity index is 1040. The summed E-state index contributed by atoms with van der Waals surface area (Å²) >= 11 is 0. The van der Waals surface area contributed by atoms with E-state index in [4.69, 9.17) is 10.5 Å². The first kappa shape index (κ1) is 22.6. The number of hydrogen-bond donors (Lipinski definition) is 3. The number of carbonyl (C=O) groups excluding carboxylic acids is 1. The summed E-state index contributed by atoms with van der Waals surface area (Å²) in [7, 11) is 0. The Balaban J connectivity index is 0.00000272. The molecule has 0 saturated heterocycles. The van der Waals surface area contributed by atoms with E-state index in [2.05, 4.69) is 20.7 Å². The number of aliphatic imine (C=N–C) groups is 1. The van der Waals surface area contributed by atoms with Crippen LogP contribution in [0.4, 0.5) is 5.69 Å². The van der Waals surface area contributed by atoms with Gasteiger partial charge in [0.15, 0.2) is 5.96 Å². The zero-order valence-corrected chi connectivity index (χ0v) is 19.2. The molecule has 4 rings (SSSR count). The van der Waals surface area contributed by atoms with Gasteiger partial charge >= 0.3 is 0 Å². The van der Waals surface area contributed by atoms with Gasteiger partial charge in [-0.05, 0) is 29.8 Å². The number of guanidine groups is 1. The second-order valence-corrected chi connectivity index (χ2v) is 7.03. The number of carbonyl (C=O) groups is 1. The van der Waals surface area contributed by atoms with Crippen molar-refractivity contribution in [2.45, 2.75) is 25.6 Å². The lowest BCUT2D eigenvalue weighted by Gasteiger charge is -2.26. The van der Waals surface area contributed by atoms with Crippen molar-refractivity contribution < 1.29 is 9.53 Å². The lowest BCUT2D eigenvalue weighted by molar-refractivity contribution is -0.116. The minimum absolute atomic E-state index is 0. The van der Waals surface area contributed by atoms with Crippen molar-refractivity contribution in [3.63, 3.8) is 0 Å². The van der Waals surface area contributed by atoms with Crippen molar-refractivity contribution in [3.8, 4) is 5.75 Å². The number of anilines is 1. The van der Waals surface area contributed by atoms with Crippen LogP contribution in [-0.4, -0.2) is 28.3 Å². The number of aromatic nitrogens is 2. The number of nitrogens with zero attached hydrogens (tertiary/aromatic N) is 3. The van der Waals surface area contributed by atoms with Crippen LogP contribution < -0.4 is 21.1 Å². The van der Waals surface area contributed by atoms with E-state index in [-0.39, 0.29) is 42.5 Å². The van der Waals surface area contributed by atoms with E-state index in [0.29, 0.717) is 24.8 Å². The molecule has 9 heteroatoms. The molecule has 31 heavy (non-hydrogen) atoms. The molecule has 8 nitrogen and oxygen atoms in total. The summed E-state index contributed by atoms with van der Waals surface area (Å²) in [5.74, 6) is 1.12. The molecule has 1 unspecified atom stereocenters. The Hall–Kier alpha value is -3.08. The number of para-hydroxylation sites is 1. The van der Waals surface area contributed by atoms with Crippen molar-refractivity contribution in [1.82, 2.24) is 15.1 Å². The van der Waals surface area contributed by atoms with Gasteiger partial charge in [0.2, 0.25) is 5.91 Å². The second kappa shape index (κ2) is 10.8. The van der Waals surface area contributed by atoms with Gasteiger partial charge < -0.3 is 21.1 Å². The van der Waals surface area contributed by atoms with Gasteiger partial charge in [0.05, 0.1) is 19.2 Å². The molecule has 0 bridgehead atoms. The predicted molar refractivity (Wildman–Crippen MR) is 130 cm³/mol. The first-order valence-corrected chi connectivity index (χ1v) is 9.82. The average molecular weight is 532 g/mol. The van der Waals surface area contributed by atoms with Crippen molar-refractivity contribution in [2.75, 3.05) is 11.9 Å². The monoisotopic (exact) mass is 532 g/mol. The highest BCUT2D eigenvalue weighted by Crippen LogP contribution is 2.31. The molecular formula is C22H25IN6O2. The van der Waals surface area contributed by atoms with Crippen LogP contribution in [0.25, 0.3) is 0 Å². The van der Waals surface area contributed by atoms with Gasteiger partial charge in [0.25, 0.3) is 0 Å². The van der Waals surface area contributed by atoms with Gasteiger partial charge in [-0.1, -0.05) is 30.3 Å². The molecule has 0 radical (unpaired) electrons. The van der Waals surface area contributed by atoms with E-state index in [1.54, 1.807) is 23.1 Å². The minimum atomic E-state index is -0.140. The molecule has 162 valence electrons. The van der Waals surface area contributed by atoms with Crippen LogP contribution >= 0.6 is 24.0 Å². The lowest BCUT2D eigenvalue weighted by Crippen LogP contribution is -2.37. The summed E-state index contributed by atoms with van der Waals surface area (Å²) in [6.07, 6.45) is 4.21. The van der Waals surface area contributed by atoms with E-state index in [0.717, 1.165) is 23.3 Å². The van der Waals surface area contributed by atoms with Crippen molar-refractivity contribution in [2.24, 2.45) is 10.7 Å². The SMILES string of the molecule is I.NC(=NCc1cccc(NC(=O)Cn2cccn2)c1)NC1CCOc2ccccc21. The Labute approximate surface area is 197 Å². The fourth-order valence-electron chi connectivity index (χ4n) is 3.38. The summed E-state index contributed by atoms with van der Waals surface area (Å²) in [6, 6.07) is 17.4. The van der Waals surface area contributed by atoms with E-state index in [9.17, 15) is 4.79 Å². The minimum Gasteiger partial charge on any atom is -0.493 e. The number of ether oxygens (including phenoxy) is 1. The summed E-state index contributed by atoms with van der Waals surface area (Å²) in [6.45, 7) is 1.22. The number of rotatable bonds is 6. The smallest absolute Gasteiger partial charge is 0.246 e. The number of amides is 1. The van der Waals surface area contributed by atoms with E-state index in [1.807, 2.05) is 48.5 Å². The van der Waals surface area contributed by atoms with Crippen LogP contribution in [0.15, 0.2) is 72.0 Å². The Morgan fingerprint density at radius 3 is 2.94 bits per heavy atom. The maximum atomic E-state index is 12.1. The molecule has 0 fully saturated rings. The lowest BCUT2D eigenvalue weighted by atomic mass is 10.0. The number of fused-ring (bicyclic) bond motifs is 1. The van der Waals surface area contributed by atoms with Crippen LogP contribution in [0.1, 0.15) is 23.6 Å². The molecular weight excluding hydrogens is 507 g/mol. The van der Waals surface area contributed by atoms with Crippen LogP contribution in [0.3, 0.4) is 0 Å². The first-order chi connectivity index (χ1) is 14.7. The van der Waals surface area contributed by atoms with Crippen molar-refractivity contribution >= 4 is 41.5 Å².